The van der Waals surface area contributed by atoms with Crippen molar-refractivity contribution < 1.29 is 15.0 Å². The van der Waals surface area contributed by atoms with Gasteiger partial charge in [0.05, 0.1) is 5.60 Å². The first-order valence-corrected chi connectivity index (χ1v) is 6.27. The summed E-state index contributed by atoms with van der Waals surface area (Å²) in [6, 6.07) is 0. The van der Waals surface area contributed by atoms with Gasteiger partial charge in [0.2, 0.25) is 0 Å². The van der Waals surface area contributed by atoms with Crippen molar-refractivity contribution in [2.75, 3.05) is 6.54 Å². The molecule has 0 aromatic rings. The normalized spacial score (nSPS) is 27.1. The number of nitrogens with one attached hydrogen (secondary N) is 1. The van der Waals surface area contributed by atoms with E-state index in [0.717, 1.165) is 32.1 Å². The van der Waals surface area contributed by atoms with Gasteiger partial charge in [0.15, 0.2) is 0 Å². The van der Waals surface area contributed by atoms with Crippen molar-refractivity contribution in [3.8, 4) is 0 Å². The van der Waals surface area contributed by atoms with Gasteiger partial charge >= 0.3 is 5.97 Å². The van der Waals surface area contributed by atoms with Crippen LogP contribution in [0.2, 0.25) is 0 Å². The molecular weight excluding hydrogens is 206 g/mol. The second-order valence-electron chi connectivity index (χ2n) is 5.38. The van der Waals surface area contributed by atoms with Gasteiger partial charge in [-0.15, -0.1) is 0 Å². The van der Waals surface area contributed by atoms with E-state index >= 15 is 0 Å². The first-order valence-electron chi connectivity index (χ1n) is 6.27. The molecule has 4 nitrogen and oxygen atoms in total. The molecule has 4 heteroatoms. The van der Waals surface area contributed by atoms with Gasteiger partial charge in [-0.05, 0) is 32.1 Å². The van der Waals surface area contributed by atoms with Gasteiger partial charge in [-0.25, -0.2) is 0 Å². The lowest BCUT2D eigenvalue weighted by molar-refractivity contribution is -0.149. The molecule has 0 spiro atoms. The molecule has 2 saturated carbocycles. The van der Waals surface area contributed by atoms with Gasteiger partial charge in [0.1, 0.15) is 5.54 Å². The number of aliphatic hydroxyl groups is 1. The van der Waals surface area contributed by atoms with E-state index < -0.39 is 17.1 Å². The standard InChI is InChI=1S/C12H21NO3/c14-10(15)12(7-4-8-12)13-9-11(16)5-2-1-3-6-11/h13,16H,1-9H2,(H,14,15). The van der Waals surface area contributed by atoms with Crippen LogP contribution in [-0.2, 0) is 4.79 Å². The van der Waals surface area contributed by atoms with Gasteiger partial charge in [-0.3, -0.25) is 10.1 Å². The second-order valence-corrected chi connectivity index (χ2v) is 5.38. The van der Waals surface area contributed by atoms with E-state index in [4.69, 9.17) is 5.11 Å². The SMILES string of the molecule is O=C(O)C1(NCC2(O)CCCCC2)CCC1. The number of carboxylic acids is 1. The highest BCUT2D eigenvalue weighted by atomic mass is 16.4. The molecular formula is C12H21NO3. The topological polar surface area (TPSA) is 69.6 Å². The Balaban J connectivity index is 1.88. The molecule has 3 N–H and O–H groups in total. The maximum atomic E-state index is 11.1. The van der Waals surface area contributed by atoms with E-state index in [1.165, 1.54) is 6.42 Å². The van der Waals surface area contributed by atoms with E-state index in [-0.39, 0.29) is 0 Å². The predicted molar refractivity (Wildman–Crippen MR) is 60.3 cm³/mol. The average molecular weight is 227 g/mol. The molecule has 92 valence electrons. The zero-order valence-corrected chi connectivity index (χ0v) is 9.67. The van der Waals surface area contributed by atoms with E-state index in [1.807, 2.05) is 0 Å². The molecule has 16 heavy (non-hydrogen) atoms. The summed E-state index contributed by atoms with van der Waals surface area (Å²) in [6.45, 7) is 0.430. The maximum absolute atomic E-state index is 11.1. The lowest BCUT2D eigenvalue weighted by atomic mass is 9.75. The number of hydrogen-bond acceptors (Lipinski definition) is 3. The third-order valence-electron chi connectivity index (χ3n) is 4.16. The van der Waals surface area contributed by atoms with Gasteiger partial charge < -0.3 is 10.2 Å². The first-order chi connectivity index (χ1) is 7.56. The molecule has 2 aliphatic carbocycles. The summed E-state index contributed by atoms with van der Waals surface area (Å²) in [4.78, 5) is 11.1. The van der Waals surface area contributed by atoms with E-state index in [2.05, 4.69) is 5.32 Å². The van der Waals surface area contributed by atoms with Crippen LogP contribution in [0.3, 0.4) is 0 Å². The van der Waals surface area contributed by atoms with Crippen molar-refractivity contribution in [2.45, 2.75) is 62.5 Å². The van der Waals surface area contributed by atoms with Crippen LogP contribution in [0.15, 0.2) is 0 Å². The Morgan fingerprint density at radius 1 is 1.06 bits per heavy atom. The predicted octanol–water partition coefficient (Wildman–Crippen LogP) is 1.28. The van der Waals surface area contributed by atoms with Crippen LogP contribution >= 0.6 is 0 Å². The molecule has 0 heterocycles. The van der Waals surface area contributed by atoms with Crippen molar-refractivity contribution in [2.24, 2.45) is 0 Å². The monoisotopic (exact) mass is 227 g/mol. The minimum Gasteiger partial charge on any atom is -0.480 e. The Bertz CT molecular complexity index is 267. The summed E-state index contributed by atoms with van der Waals surface area (Å²) < 4.78 is 0. The van der Waals surface area contributed by atoms with Gasteiger partial charge in [0, 0.05) is 6.54 Å². The van der Waals surface area contributed by atoms with Crippen LogP contribution in [0.1, 0.15) is 51.4 Å². The Hall–Kier alpha value is -0.610. The quantitative estimate of drug-likeness (QED) is 0.676. The molecule has 0 amide bonds. The number of carboxylic acid groups (broad SMARTS) is 1. The summed E-state index contributed by atoms with van der Waals surface area (Å²) in [5.41, 5.74) is -1.41. The summed E-state index contributed by atoms with van der Waals surface area (Å²) in [5.74, 6) is -0.766. The highest BCUT2D eigenvalue weighted by Gasteiger charge is 2.45. The number of aliphatic carboxylic acids is 1. The largest absolute Gasteiger partial charge is 0.480 e. The van der Waals surface area contributed by atoms with Gasteiger partial charge in [-0.2, -0.15) is 0 Å². The summed E-state index contributed by atoms with van der Waals surface area (Å²) >= 11 is 0. The van der Waals surface area contributed by atoms with Crippen molar-refractivity contribution in [1.82, 2.24) is 5.32 Å². The van der Waals surface area contributed by atoms with Crippen LogP contribution in [0.4, 0.5) is 0 Å². The molecule has 0 saturated heterocycles. The molecule has 0 unspecified atom stereocenters. The van der Waals surface area contributed by atoms with Crippen molar-refractivity contribution in [3.05, 3.63) is 0 Å². The minimum absolute atomic E-state index is 0.430. The number of hydrogen-bond donors (Lipinski definition) is 3. The second kappa shape index (κ2) is 4.34. The van der Waals surface area contributed by atoms with Crippen molar-refractivity contribution in [1.29, 1.82) is 0 Å². The van der Waals surface area contributed by atoms with E-state index in [9.17, 15) is 9.90 Å². The summed E-state index contributed by atoms with van der Waals surface area (Å²) in [5, 5.41) is 22.5. The molecule has 0 aromatic carbocycles. The fourth-order valence-electron chi connectivity index (χ4n) is 2.72. The number of β-amino-alcohol motifs (C(OH)–C–C–N with tert-alkyl or cyclic N) is 1. The molecule has 2 aliphatic rings. The molecule has 0 bridgehead atoms. The van der Waals surface area contributed by atoms with Crippen LogP contribution in [0.5, 0.6) is 0 Å². The third-order valence-corrected chi connectivity index (χ3v) is 4.16. The Morgan fingerprint density at radius 2 is 1.69 bits per heavy atom. The molecule has 0 aromatic heterocycles. The average Bonchev–Trinajstić information content (AvgIpc) is 2.16. The van der Waals surface area contributed by atoms with E-state index in [0.29, 0.717) is 19.4 Å². The lowest BCUT2D eigenvalue weighted by Gasteiger charge is -2.42. The van der Waals surface area contributed by atoms with Crippen LogP contribution in [0.25, 0.3) is 0 Å². The van der Waals surface area contributed by atoms with Crippen LogP contribution in [0, 0.1) is 0 Å². The zero-order valence-electron chi connectivity index (χ0n) is 9.67. The molecule has 0 radical (unpaired) electrons. The Labute approximate surface area is 96.0 Å². The van der Waals surface area contributed by atoms with Crippen LogP contribution in [-0.4, -0.2) is 33.9 Å². The Kier molecular flexibility index (Phi) is 3.22. The minimum atomic E-state index is -0.766. The number of rotatable bonds is 4. The highest BCUT2D eigenvalue weighted by molar-refractivity contribution is 5.80. The fraction of sp³-hybridized carbons (Fsp3) is 0.917. The zero-order chi connectivity index (χ0) is 11.6. The third kappa shape index (κ3) is 2.23. The van der Waals surface area contributed by atoms with E-state index in [1.54, 1.807) is 0 Å². The smallest absolute Gasteiger partial charge is 0.323 e. The highest BCUT2D eigenvalue weighted by Crippen LogP contribution is 2.34. The lowest BCUT2D eigenvalue weighted by Crippen LogP contribution is -2.60. The van der Waals surface area contributed by atoms with Gasteiger partial charge in [0.25, 0.3) is 0 Å². The van der Waals surface area contributed by atoms with Crippen LogP contribution < -0.4 is 5.32 Å². The molecule has 0 aliphatic heterocycles. The number of carbonyl (C=O) groups is 1. The summed E-state index contributed by atoms with van der Waals surface area (Å²) in [7, 11) is 0. The molecule has 0 atom stereocenters. The summed E-state index contributed by atoms with van der Waals surface area (Å²) in [6.07, 6.45) is 7.25. The maximum Gasteiger partial charge on any atom is 0.323 e. The molecule has 2 fully saturated rings. The van der Waals surface area contributed by atoms with Crippen molar-refractivity contribution in [3.63, 3.8) is 0 Å². The van der Waals surface area contributed by atoms with Crippen molar-refractivity contribution >= 4 is 5.97 Å². The molecule has 2 rings (SSSR count). The fourth-order valence-corrected chi connectivity index (χ4v) is 2.72. The first kappa shape index (κ1) is 11.9. The Morgan fingerprint density at radius 3 is 2.12 bits per heavy atom. The van der Waals surface area contributed by atoms with Gasteiger partial charge in [-0.1, -0.05) is 19.3 Å².